The van der Waals surface area contributed by atoms with Crippen LogP contribution in [0.3, 0.4) is 0 Å². The number of halogens is 2. The Balaban J connectivity index is 2.03. The molecule has 0 aliphatic heterocycles. The van der Waals surface area contributed by atoms with E-state index in [2.05, 4.69) is 4.98 Å². The number of nitrogens with zero attached hydrogens (tertiary/aromatic N) is 2. The number of nitro benzene ring substituents is 1. The predicted molar refractivity (Wildman–Crippen MR) is 98.8 cm³/mol. The van der Waals surface area contributed by atoms with Crippen LogP contribution in [0.4, 0.5) is 14.5 Å². The molecule has 3 aromatic rings. The molecular formula is C19H16F2N2O6. The lowest BCUT2D eigenvalue weighted by Gasteiger charge is -2.14. The number of fused-ring (bicyclic) bond motifs is 1. The van der Waals surface area contributed by atoms with Crippen molar-refractivity contribution in [3.05, 3.63) is 58.3 Å². The summed E-state index contributed by atoms with van der Waals surface area (Å²) < 4.78 is 49.8. The molecule has 0 aliphatic carbocycles. The van der Waals surface area contributed by atoms with Crippen molar-refractivity contribution in [2.45, 2.75) is 0 Å². The molecule has 10 heteroatoms. The normalized spacial score (nSPS) is 10.8. The molecule has 2 aromatic carbocycles. The number of rotatable bonds is 8. The van der Waals surface area contributed by atoms with Crippen LogP contribution in [0, 0.1) is 21.7 Å². The monoisotopic (exact) mass is 406 g/mol. The van der Waals surface area contributed by atoms with Crippen LogP contribution in [0.15, 0.2) is 36.5 Å². The summed E-state index contributed by atoms with van der Waals surface area (Å²) in [5, 5.41) is 11.0. The molecule has 0 radical (unpaired) electrons. The van der Waals surface area contributed by atoms with E-state index in [4.69, 9.17) is 18.9 Å². The molecule has 3 rings (SSSR count). The first-order valence-electron chi connectivity index (χ1n) is 8.34. The third-order valence-electron chi connectivity index (χ3n) is 3.94. The Hall–Kier alpha value is -3.53. The lowest BCUT2D eigenvalue weighted by Crippen LogP contribution is -2.05. The smallest absolute Gasteiger partial charge is 0.272 e. The maximum absolute atomic E-state index is 14.4. The Morgan fingerprint density at radius 3 is 2.48 bits per heavy atom. The van der Waals surface area contributed by atoms with Crippen molar-refractivity contribution in [1.82, 2.24) is 4.98 Å². The second-order valence-corrected chi connectivity index (χ2v) is 5.77. The summed E-state index contributed by atoms with van der Waals surface area (Å²) in [7, 11) is 2.94. The minimum atomic E-state index is -1.00. The van der Waals surface area contributed by atoms with E-state index in [9.17, 15) is 18.9 Å². The highest BCUT2D eigenvalue weighted by atomic mass is 19.1. The molecule has 0 bridgehead atoms. The molecule has 0 unspecified atom stereocenters. The van der Waals surface area contributed by atoms with Gasteiger partial charge in [-0.25, -0.2) is 8.78 Å². The van der Waals surface area contributed by atoms with Crippen molar-refractivity contribution >= 4 is 16.6 Å². The van der Waals surface area contributed by atoms with Gasteiger partial charge in [0, 0.05) is 24.6 Å². The maximum Gasteiger partial charge on any atom is 0.272 e. The predicted octanol–water partition coefficient (Wildman–Crippen LogP) is 4.25. The first kappa shape index (κ1) is 20.2. The SMILES string of the molecule is COCCOc1cc2ncc(F)c(Oc3ccc([N+](=O)[O-])cc3F)c2cc1OC. The molecule has 1 heterocycles. The average molecular weight is 406 g/mol. The van der Waals surface area contributed by atoms with Crippen molar-refractivity contribution in [1.29, 1.82) is 0 Å². The first-order valence-corrected chi connectivity index (χ1v) is 8.34. The summed E-state index contributed by atoms with van der Waals surface area (Å²) in [6.45, 7) is 0.614. The van der Waals surface area contributed by atoms with Gasteiger partial charge in [0.25, 0.3) is 5.69 Å². The summed E-state index contributed by atoms with van der Waals surface area (Å²) in [4.78, 5) is 14.0. The number of ether oxygens (including phenoxy) is 4. The number of non-ortho nitro benzene ring substituents is 1. The third kappa shape index (κ3) is 4.32. The van der Waals surface area contributed by atoms with Crippen LogP contribution in [0.25, 0.3) is 10.9 Å². The van der Waals surface area contributed by atoms with Gasteiger partial charge in [0.2, 0.25) is 0 Å². The zero-order valence-corrected chi connectivity index (χ0v) is 15.5. The minimum Gasteiger partial charge on any atom is -0.493 e. The molecule has 0 saturated carbocycles. The molecule has 152 valence electrons. The quantitative estimate of drug-likeness (QED) is 0.314. The van der Waals surface area contributed by atoms with E-state index in [1.807, 2.05) is 0 Å². The second kappa shape index (κ2) is 8.65. The van der Waals surface area contributed by atoms with Crippen LogP contribution in [-0.4, -0.2) is 37.3 Å². The average Bonchev–Trinajstić information content (AvgIpc) is 2.71. The summed E-state index contributed by atoms with van der Waals surface area (Å²) in [6.07, 6.45) is 0.923. The molecular weight excluding hydrogens is 390 g/mol. The Labute approximate surface area is 163 Å². The number of hydrogen-bond donors (Lipinski definition) is 0. The van der Waals surface area contributed by atoms with E-state index < -0.39 is 22.2 Å². The summed E-state index contributed by atoms with van der Waals surface area (Å²) >= 11 is 0. The van der Waals surface area contributed by atoms with Crippen molar-refractivity contribution in [2.24, 2.45) is 0 Å². The first-order chi connectivity index (χ1) is 13.9. The molecule has 0 N–H and O–H groups in total. The zero-order valence-electron chi connectivity index (χ0n) is 15.5. The van der Waals surface area contributed by atoms with Gasteiger partial charge >= 0.3 is 0 Å². The van der Waals surface area contributed by atoms with Gasteiger partial charge in [-0.3, -0.25) is 15.1 Å². The molecule has 29 heavy (non-hydrogen) atoms. The standard InChI is InChI=1S/C19H16F2N2O6/c1-26-5-6-28-18-9-15-12(8-17(18)27-2)19(14(21)10-22-15)29-16-4-3-11(23(24)25)7-13(16)20/h3-4,7-10H,5-6H2,1-2H3. The summed E-state index contributed by atoms with van der Waals surface area (Å²) in [5.41, 5.74) is -0.133. The molecule has 0 spiro atoms. The van der Waals surface area contributed by atoms with Crippen LogP contribution in [-0.2, 0) is 4.74 Å². The summed E-state index contributed by atoms with van der Waals surface area (Å²) in [6, 6.07) is 5.79. The van der Waals surface area contributed by atoms with E-state index in [0.29, 0.717) is 23.9 Å². The molecule has 0 aliphatic rings. The lowest BCUT2D eigenvalue weighted by atomic mass is 10.1. The van der Waals surface area contributed by atoms with E-state index >= 15 is 0 Å². The molecule has 1 aromatic heterocycles. The number of nitro groups is 1. The van der Waals surface area contributed by atoms with Crippen molar-refractivity contribution in [3.63, 3.8) is 0 Å². The largest absolute Gasteiger partial charge is 0.493 e. The van der Waals surface area contributed by atoms with Gasteiger partial charge in [-0.1, -0.05) is 0 Å². The Kier molecular flexibility index (Phi) is 6.03. The highest BCUT2D eigenvalue weighted by molar-refractivity contribution is 5.88. The van der Waals surface area contributed by atoms with Crippen molar-refractivity contribution in [2.75, 3.05) is 27.4 Å². The number of benzene rings is 2. The van der Waals surface area contributed by atoms with Gasteiger partial charge in [0.15, 0.2) is 34.6 Å². The number of methoxy groups -OCH3 is 2. The van der Waals surface area contributed by atoms with Crippen LogP contribution >= 0.6 is 0 Å². The second-order valence-electron chi connectivity index (χ2n) is 5.77. The fourth-order valence-electron chi connectivity index (χ4n) is 2.56. The van der Waals surface area contributed by atoms with Crippen molar-refractivity contribution < 1.29 is 32.7 Å². The third-order valence-corrected chi connectivity index (χ3v) is 3.94. The van der Waals surface area contributed by atoms with Crippen LogP contribution in [0.5, 0.6) is 23.0 Å². The number of pyridine rings is 1. The highest BCUT2D eigenvalue weighted by Gasteiger charge is 2.19. The Morgan fingerprint density at radius 1 is 1.03 bits per heavy atom. The fourth-order valence-corrected chi connectivity index (χ4v) is 2.56. The van der Waals surface area contributed by atoms with E-state index in [1.54, 1.807) is 0 Å². The van der Waals surface area contributed by atoms with Crippen molar-refractivity contribution in [3.8, 4) is 23.0 Å². The zero-order chi connectivity index (χ0) is 21.0. The molecule has 0 saturated heterocycles. The van der Waals surface area contributed by atoms with E-state index in [1.165, 1.54) is 26.4 Å². The highest BCUT2D eigenvalue weighted by Crippen LogP contribution is 2.39. The molecule has 0 fully saturated rings. The Morgan fingerprint density at radius 2 is 1.83 bits per heavy atom. The molecule has 8 nitrogen and oxygen atoms in total. The fraction of sp³-hybridized carbons (Fsp3) is 0.211. The van der Waals surface area contributed by atoms with Crippen LogP contribution in [0.1, 0.15) is 0 Å². The van der Waals surface area contributed by atoms with Gasteiger partial charge in [-0.2, -0.15) is 0 Å². The molecule has 0 amide bonds. The van der Waals surface area contributed by atoms with Gasteiger partial charge in [-0.05, 0) is 12.1 Å². The maximum atomic E-state index is 14.4. The van der Waals surface area contributed by atoms with Gasteiger partial charge in [0.05, 0.1) is 36.4 Å². The van der Waals surface area contributed by atoms with Gasteiger partial charge < -0.3 is 18.9 Å². The van der Waals surface area contributed by atoms with E-state index in [0.717, 1.165) is 18.3 Å². The van der Waals surface area contributed by atoms with Crippen LogP contribution < -0.4 is 14.2 Å². The number of hydrogen-bond acceptors (Lipinski definition) is 7. The Bertz CT molecular complexity index is 1060. The topological polar surface area (TPSA) is 93.0 Å². The van der Waals surface area contributed by atoms with Gasteiger partial charge in [-0.15, -0.1) is 0 Å². The molecule has 0 atom stereocenters. The number of aromatic nitrogens is 1. The van der Waals surface area contributed by atoms with Crippen LogP contribution in [0.2, 0.25) is 0 Å². The lowest BCUT2D eigenvalue weighted by molar-refractivity contribution is -0.385. The minimum absolute atomic E-state index is 0.207. The van der Waals surface area contributed by atoms with Gasteiger partial charge in [0.1, 0.15) is 6.61 Å². The van der Waals surface area contributed by atoms with E-state index in [-0.39, 0.29) is 29.2 Å². The summed E-state index contributed by atoms with van der Waals surface area (Å²) in [5.74, 6) is -1.87.